The summed E-state index contributed by atoms with van der Waals surface area (Å²) in [5.41, 5.74) is 2.34. The molecule has 3 rings (SSSR count). The molecule has 1 aliphatic heterocycles. The first-order valence-corrected chi connectivity index (χ1v) is 9.48. The van der Waals surface area contributed by atoms with Crippen LogP contribution in [-0.4, -0.2) is 54.7 Å². The fraction of sp³-hybridized carbons (Fsp3) is 0.455. The molecule has 1 atom stereocenters. The number of hydrogen-bond donors (Lipinski definition) is 1. The normalized spacial score (nSPS) is 18.2. The van der Waals surface area contributed by atoms with Crippen molar-refractivity contribution in [3.8, 4) is 11.5 Å². The molecule has 0 bridgehead atoms. The minimum Gasteiger partial charge on any atom is -0.504 e. The maximum atomic E-state index is 10.3. The van der Waals surface area contributed by atoms with E-state index >= 15 is 0 Å². The van der Waals surface area contributed by atoms with Gasteiger partial charge in [-0.05, 0) is 44.5 Å². The summed E-state index contributed by atoms with van der Waals surface area (Å²) in [5.74, 6) is 0.825. The number of phenols is 1. The van der Waals surface area contributed by atoms with Crippen molar-refractivity contribution >= 4 is 0 Å². The van der Waals surface area contributed by atoms with Gasteiger partial charge in [0.1, 0.15) is 0 Å². The largest absolute Gasteiger partial charge is 0.504 e. The van der Waals surface area contributed by atoms with Crippen molar-refractivity contribution in [1.82, 2.24) is 9.80 Å². The number of para-hydroxylation sites is 1. The van der Waals surface area contributed by atoms with Crippen LogP contribution in [0.2, 0.25) is 0 Å². The molecule has 1 fully saturated rings. The second-order valence-corrected chi connectivity index (χ2v) is 7.22. The molecule has 0 saturated carbocycles. The predicted octanol–water partition coefficient (Wildman–Crippen LogP) is 3.54. The number of methoxy groups -OCH3 is 1. The van der Waals surface area contributed by atoms with Crippen LogP contribution >= 0.6 is 0 Å². The van der Waals surface area contributed by atoms with Crippen LogP contribution < -0.4 is 4.74 Å². The molecule has 140 valence electrons. The van der Waals surface area contributed by atoms with E-state index in [4.69, 9.17) is 4.74 Å². The van der Waals surface area contributed by atoms with Crippen molar-refractivity contribution < 1.29 is 9.84 Å². The van der Waals surface area contributed by atoms with Gasteiger partial charge in [-0.3, -0.25) is 4.90 Å². The molecule has 0 unspecified atom stereocenters. The molecule has 1 aliphatic rings. The standard InChI is InChI=1S/C22H30N2O2/c1-23(15-13-18-8-4-3-5-9-18)20-11-7-14-24(17-20)16-19-10-6-12-21(26-2)22(19)25/h3-6,8-10,12,20,25H,7,11,13-17H2,1-2H3/t20-/m0/s1. The van der Waals surface area contributed by atoms with E-state index in [9.17, 15) is 5.11 Å². The number of likely N-dealkylation sites (tertiary alicyclic amines) is 1. The van der Waals surface area contributed by atoms with Gasteiger partial charge < -0.3 is 14.7 Å². The highest BCUT2D eigenvalue weighted by Crippen LogP contribution is 2.31. The summed E-state index contributed by atoms with van der Waals surface area (Å²) in [6.07, 6.45) is 3.53. The van der Waals surface area contributed by atoms with Crippen LogP contribution in [-0.2, 0) is 13.0 Å². The molecule has 0 radical (unpaired) electrons. The molecule has 1 heterocycles. The highest BCUT2D eigenvalue weighted by Gasteiger charge is 2.24. The number of nitrogens with zero attached hydrogens (tertiary/aromatic N) is 2. The summed E-state index contributed by atoms with van der Waals surface area (Å²) in [4.78, 5) is 4.94. The van der Waals surface area contributed by atoms with Gasteiger partial charge in [-0.1, -0.05) is 42.5 Å². The van der Waals surface area contributed by atoms with Crippen LogP contribution in [0.1, 0.15) is 24.0 Å². The van der Waals surface area contributed by atoms with Crippen molar-refractivity contribution in [1.29, 1.82) is 0 Å². The Morgan fingerprint density at radius 3 is 2.73 bits per heavy atom. The fourth-order valence-corrected chi connectivity index (χ4v) is 3.77. The smallest absolute Gasteiger partial charge is 0.162 e. The van der Waals surface area contributed by atoms with Crippen LogP contribution in [0.4, 0.5) is 0 Å². The number of ether oxygens (including phenoxy) is 1. The second-order valence-electron chi connectivity index (χ2n) is 7.22. The number of piperidine rings is 1. The van der Waals surface area contributed by atoms with Crippen molar-refractivity contribution in [2.75, 3.05) is 33.8 Å². The summed E-state index contributed by atoms with van der Waals surface area (Å²) >= 11 is 0. The summed E-state index contributed by atoms with van der Waals surface area (Å²) in [6, 6.07) is 17.0. The molecule has 0 amide bonds. The van der Waals surface area contributed by atoms with Crippen molar-refractivity contribution in [2.45, 2.75) is 31.8 Å². The number of hydrogen-bond acceptors (Lipinski definition) is 4. The average Bonchev–Trinajstić information content (AvgIpc) is 2.69. The van der Waals surface area contributed by atoms with Crippen LogP contribution in [0.25, 0.3) is 0 Å². The minimum atomic E-state index is 0.273. The van der Waals surface area contributed by atoms with Crippen LogP contribution in [0.15, 0.2) is 48.5 Å². The second kappa shape index (κ2) is 9.06. The highest BCUT2D eigenvalue weighted by molar-refractivity contribution is 5.45. The number of rotatable bonds is 7. The lowest BCUT2D eigenvalue weighted by Gasteiger charge is -2.38. The Morgan fingerprint density at radius 2 is 1.96 bits per heavy atom. The summed E-state index contributed by atoms with van der Waals surface area (Å²) in [7, 11) is 3.83. The Labute approximate surface area is 157 Å². The number of aromatic hydroxyl groups is 1. The van der Waals surface area contributed by atoms with E-state index in [1.54, 1.807) is 13.2 Å². The molecule has 1 saturated heterocycles. The molecule has 0 aliphatic carbocycles. The van der Waals surface area contributed by atoms with E-state index in [1.807, 2.05) is 12.1 Å². The average molecular weight is 354 g/mol. The van der Waals surface area contributed by atoms with E-state index in [-0.39, 0.29) is 5.75 Å². The third kappa shape index (κ3) is 4.77. The van der Waals surface area contributed by atoms with Crippen LogP contribution in [0, 0.1) is 0 Å². The fourth-order valence-electron chi connectivity index (χ4n) is 3.77. The lowest BCUT2D eigenvalue weighted by Crippen LogP contribution is -2.46. The van der Waals surface area contributed by atoms with Crippen LogP contribution in [0.3, 0.4) is 0 Å². The minimum absolute atomic E-state index is 0.273. The molecule has 26 heavy (non-hydrogen) atoms. The Hall–Kier alpha value is -2.04. The first-order valence-electron chi connectivity index (χ1n) is 9.48. The van der Waals surface area contributed by atoms with Crippen LogP contribution in [0.5, 0.6) is 11.5 Å². The Morgan fingerprint density at radius 1 is 1.15 bits per heavy atom. The van der Waals surface area contributed by atoms with Gasteiger partial charge >= 0.3 is 0 Å². The zero-order chi connectivity index (χ0) is 18.4. The third-order valence-corrected chi connectivity index (χ3v) is 5.40. The van der Waals surface area contributed by atoms with E-state index in [1.165, 1.54) is 18.4 Å². The third-order valence-electron chi connectivity index (χ3n) is 5.40. The van der Waals surface area contributed by atoms with Gasteiger partial charge in [0.2, 0.25) is 0 Å². The molecule has 2 aromatic rings. The molecule has 0 spiro atoms. The lowest BCUT2D eigenvalue weighted by atomic mass is 10.0. The zero-order valence-corrected chi connectivity index (χ0v) is 15.9. The van der Waals surface area contributed by atoms with E-state index in [2.05, 4.69) is 47.2 Å². The van der Waals surface area contributed by atoms with Gasteiger partial charge in [0, 0.05) is 31.2 Å². The first-order chi connectivity index (χ1) is 12.7. The Balaban J connectivity index is 1.55. The number of likely N-dealkylation sites (N-methyl/N-ethyl adjacent to an activating group) is 1. The SMILES string of the molecule is COc1cccc(CN2CCC[C@H](N(C)CCc3ccccc3)C2)c1O. The maximum Gasteiger partial charge on any atom is 0.162 e. The van der Waals surface area contributed by atoms with E-state index in [0.717, 1.165) is 38.2 Å². The zero-order valence-electron chi connectivity index (χ0n) is 15.9. The number of benzene rings is 2. The topological polar surface area (TPSA) is 35.9 Å². The first kappa shape index (κ1) is 18.7. The Bertz CT molecular complexity index is 690. The lowest BCUT2D eigenvalue weighted by molar-refractivity contribution is 0.111. The van der Waals surface area contributed by atoms with Crippen molar-refractivity contribution in [3.63, 3.8) is 0 Å². The molecule has 0 aromatic heterocycles. The molecular weight excluding hydrogens is 324 g/mol. The highest BCUT2D eigenvalue weighted by atomic mass is 16.5. The maximum absolute atomic E-state index is 10.3. The molecule has 4 heteroatoms. The monoisotopic (exact) mass is 354 g/mol. The van der Waals surface area contributed by atoms with Gasteiger partial charge in [-0.25, -0.2) is 0 Å². The van der Waals surface area contributed by atoms with Gasteiger partial charge in [0.05, 0.1) is 7.11 Å². The summed E-state index contributed by atoms with van der Waals surface area (Å²) in [5, 5.41) is 10.3. The van der Waals surface area contributed by atoms with E-state index < -0.39 is 0 Å². The van der Waals surface area contributed by atoms with Gasteiger partial charge in [-0.2, -0.15) is 0 Å². The van der Waals surface area contributed by atoms with Crippen molar-refractivity contribution in [2.24, 2.45) is 0 Å². The molecule has 4 nitrogen and oxygen atoms in total. The molecular formula is C22H30N2O2. The van der Waals surface area contributed by atoms with Crippen molar-refractivity contribution in [3.05, 3.63) is 59.7 Å². The predicted molar refractivity (Wildman–Crippen MR) is 106 cm³/mol. The molecule has 1 N–H and O–H groups in total. The number of phenolic OH excluding ortho intramolecular Hbond substituents is 1. The molecule has 2 aromatic carbocycles. The van der Waals surface area contributed by atoms with Gasteiger partial charge in [-0.15, -0.1) is 0 Å². The Kier molecular flexibility index (Phi) is 6.53. The summed E-state index contributed by atoms with van der Waals surface area (Å²) < 4.78 is 5.23. The van der Waals surface area contributed by atoms with Gasteiger partial charge in [0.25, 0.3) is 0 Å². The summed E-state index contributed by atoms with van der Waals surface area (Å²) in [6.45, 7) is 3.97. The quantitative estimate of drug-likeness (QED) is 0.825. The van der Waals surface area contributed by atoms with Gasteiger partial charge in [0.15, 0.2) is 11.5 Å². The van der Waals surface area contributed by atoms with E-state index in [0.29, 0.717) is 11.8 Å².